The molecule has 4 aromatic rings. The van der Waals surface area contributed by atoms with Crippen LogP contribution in [0.3, 0.4) is 0 Å². The van der Waals surface area contributed by atoms with Gasteiger partial charge in [-0.15, -0.1) is 0 Å². The van der Waals surface area contributed by atoms with E-state index in [1.165, 1.54) is 0 Å². The maximum Gasteiger partial charge on any atom is 0.339 e. The van der Waals surface area contributed by atoms with Crippen molar-refractivity contribution in [3.8, 4) is 16.9 Å². The maximum absolute atomic E-state index is 12.9. The number of ether oxygens (including phenoxy) is 2. The fraction of sp³-hybridized carbons (Fsp3) is 0.154. The normalized spacial score (nSPS) is 12.3. The lowest BCUT2D eigenvalue weighted by molar-refractivity contribution is 0.0385. The van der Waals surface area contributed by atoms with E-state index in [2.05, 4.69) is 17.3 Å². The van der Waals surface area contributed by atoms with E-state index in [9.17, 15) is 4.79 Å². The number of aromatic nitrogens is 1. The molecule has 154 valence electrons. The molecular weight excluding hydrogens is 390 g/mol. The molecule has 0 bridgehead atoms. The summed E-state index contributed by atoms with van der Waals surface area (Å²) in [6.07, 6.45) is -0.407. The van der Waals surface area contributed by atoms with Crippen LogP contribution in [0.5, 0.6) is 5.75 Å². The Morgan fingerprint density at radius 1 is 0.903 bits per heavy atom. The molecule has 0 saturated heterocycles. The minimum atomic E-state index is -0.407. The molecule has 3 aromatic carbocycles. The Morgan fingerprint density at radius 2 is 1.52 bits per heavy atom. The van der Waals surface area contributed by atoms with Crippen LogP contribution < -0.4 is 4.74 Å². The highest BCUT2D eigenvalue weighted by molar-refractivity contribution is 5.90. The summed E-state index contributed by atoms with van der Waals surface area (Å²) in [5.41, 5.74) is 6.47. The van der Waals surface area contributed by atoms with Crippen molar-refractivity contribution in [2.75, 3.05) is 0 Å². The molecule has 1 aromatic heterocycles. The first-order valence-electron chi connectivity index (χ1n) is 10.2. The molecule has 0 fully saturated rings. The highest BCUT2D eigenvalue weighted by Gasteiger charge is 2.31. The van der Waals surface area contributed by atoms with Gasteiger partial charge in [0, 0.05) is 11.1 Å². The van der Waals surface area contributed by atoms with Gasteiger partial charge in [-0.2, -0.15) is 0 Å². The molecule has 5 nitrogen and oxygen atoms in total. The molecule has 1 heterocycles. The molecule has 5 heteroatoms. The van der Waals surface area contributed by atoms with E-state index in [0.29, 0.717) is 17.9 Å². The molecule has 1 aliphatic rings. The van der Waals surface area contributed by atoms with Crippen molar-refractivity contribution in [3.63, 3.8) is 0 Å². The third kappa shape index (κ3) is 3.48. The summed E-state index contributed by atoms with van der Waals surface area (Å²) in [5, 5.41) is 3.93. The lowest BCUT2D eigenvalue weighted by Crippen LogP contribution is -2.11. The second kappa shape index (κ2) is 7.76. The molecule has 5 rings (SSSR count). The van der Waals surface area contributed by atoms with Gasteiger partial charge >= 0.3 is 5.97 Å². The van der Waals surface area contributed by atoms with Crippen LogP contribution in [-0.4, -0.2) is 11.1 Å². The molecule has 0 unspecified atom stereocenters. The smallest absolute Gasteiger partial charge is 0.339 e. The van der Waals surface area contributed by atoms with Crippen molar-refractivity contribution in [2.45, 2.75) is 26.6 Å². The van der Waals surface area contributed by atoms with E-state index in [4.69, 9.17) is 14.0 Å². The van der Waals surface area contributed by atoms with Crippen LogP contribution in [0, 0.1) is 13.8 Å². The number of esters is 1. The number of aryl methyl sites for hydroxylation is 2. The van der Waals surface area contributed by atoms with Crippen molar-refractivity contribution >= 4 is 5.97 Å². The topological polar surface area (TPSA) is 61.6 Å². The summed E-state index contributed by atoms with van der Waals surface area (Å²) < 4.78 is 16.9. The van der Waals surface area contributed by atoms with E-state index >= 15 is 0 Å². The summed E-state index contributed by atoms with van der Waals surface area (Å²) in [5.74, 6) is 1.04. The van der Waals surface area contributed by atoms with Crippen molar-refractivity contribution < 1.29 is 18.8 Å². The lowest BCUT2D eigenvalue weighted by atomic mass is 10.1. The second-order valence-corrected chi connectivity index (χ2v) is 7.58. The summed E-state index contributed by atoms with van der Waals surface area (Å²) in [6, 6.07) is 23.1. The minimum Gasteiger partial charge on any atom is -0.489 e. The number of nitrogens with zero attached hydrogens (tertiary/aromatic N) is 1. The molecule has 0 spiro atoms. The number of carbonyl (C=O) groups excluding carboxylic acids is 1. The monoisotopic (exact) mass is 411 g/mol. The predicted octanol–water partition coefficient (Wildman–Crippen LogP) is 5.80. The SMILES string of the molecule is Cc1noc(C)c1COc1ccc(C(=O)OC2c3ccccc3-c3ccccc32)cc1. The Balaban J connectivity index is 1.31. The van der Waals surface area contributed by atoms with Gasteiger partial charge in [-0.25, -0.2) is 4.79 Å². The summed E-state index contributed by atoms with van der Waals surface area (Å²) in [4.78, 5) is 12.9. The number of hydrogen-bond donors (Lipinski definition) is 0. The van der Waals surface area contributed by atoms with Crippen molar-refractivity contribution in [2.24, 2.45) is 0 Å². The molecule has 0 atom stereocenters. The molecule has 0 saturated carbocycles. The second-order valence-electron chi connectivity index (χ2n) is 7.58. The first kappa shape index (κ1) is 19.1. The molecule has 0 amide bonds. The number of fused-ring (bicyclic) bond motifs is 3. The van der Waals surface area contributed by atoms with Gasteiger partial charge in [0.2, 0.25) is 0 Å². The fourth-order valence-electron chi connectivity index (χ4n) is 3.96. The zero-order chi connectivity index (χ0) is 21.4. The van der Waals surface area contributed by atoms with E-state index in [1.807, 2.05) is 50.2 Å². The number of carbonyl (C=O) groups is 1. The van der Waals surface area contributed by atoms with Crippen LogP contribution >= 0.6 is 0 Å². The zero-order valence-corrected chi connectivity index (χ0v) is 17.3. The summed E-state index contributed by atoms with van der Waals surface area (Å²) >= 11 is 0. The summed E-state index contributed by atoms with van der Waals surface area (Å²) in [6.45, 7) is 4.10. The highest BCUT2D eigenvalue weighted by Crippen LogP contribution is 2.45. The van der Waals surface area contributed by atoms with Gasteiger partial charge in [0.25, 0.3) is 0 Å². The Labute approximate surface area is 180 Å². The number of rotatable bonds is 5. The van der Waals surface area contributed by atoms with E-state index < -0.39 is 6.10 Å². The van der Waals surface area contributed by atoms with Crippen molar-refractivity contribution in [1.82, 2.24) is 5.16 Å². The molecule has 31 heavy (non-hydrogen) atoms. The minimum absolute atomic E-state index is 0.362. The van der Waals surface area contributed by atoms with Gasteiger partial charge < -0.3 is 14.0 Å². The first-order valence-corrected chi connectivity index (χ1v) is 10.2. The van der Waals surface area contributed by atoms with Crippen LogP contribution in [-0.2, 0) is 11.3 Å². The molecular formula is C26H21NO4. The van der Waals surface area contributed by atoms with Crippen LogP contribution in [0.25, 0.3) is 11.1 Å². The largest absolute Gasteiger partial charge is 0.489 e. The Kier molecular flexibility index (Phi) is 4.79. The third-order valence-electron chi connectivity index (χ3n) is 5.66. The van der Waals surface area contributed by atoms with E-state index in [0.717, 1.165) is 39.3 Å². The van der Waals surface area contributed by atoms with Crippen LogP contribution in [0.15, 0.2) is 77.3 Å². The lowest BCUT2D eigenvalue weighted by Gasteiger charge is -2.15. The van der Waals surface area contributed by atoms with Crippen LogP contribution in [0.4, 0.5) is 0 Å². The van der Waals surface area contributed by atoms with Gasteiger partial charge in [-0.3, -0.25) is 0 Å². The third-order valence-corrected chi connectivity index (χ3v) is 5.66. The molecule has 1 aliphatic carbocycles. The van der Waals surface area contributed by atoms with Crippen LogP contribution in [0.1, 0.15) is 44.6 Å². The standard InChI is InChI=1S/C26H21NO4/c1-16-24(17(2)31-27-16)15-29-19-13-11-18(12-14-19)26(28)30-25-22-9-5-3-7-20(22)21-8-4-6-10-23(21)25/h3-14,25H,15H2,1-2H3. The Hall–Kier alpha value is -3.86. The Bertz CT molecular complexity index is 1190. The van der Waals surface area contributed by atoms with E-state index in [1.54, 1.807) is 24.3 Å². The molecule has 0 N–H and O–H groups in total. The van der Waals surface area contributed by atoms with Gasteiger partial charge in [-0.1, -0.05) is 53.7 Å². The van der Waals surface area contributed by atoms with Gasteiger partial charge in [0.1, 0.15) is 18.1 Å². The fourth-order valence-corrected chi connectivity index (χ4v) is 3.96. The number of benzene rings is 3. The Morgan fingerprint density at radius 3 is 2.10 bits per heavy atom. The van der Waals surface area contributed by atoms with Gasteiger partial charge in [0.15, 0.2) is 6.10 Å². The average molecular weight is 411 g/mol. The first-order chi connectivity index (χ1) is 15.1. The molecule has 0 radical (unpaired) electrons. The van der Waals surface area contributed by atoms with Crippen LogP contribution in [0.2, 0.25) is 0 Å². The van der Waals surface area contributed by atoms with Gasteiger partial charge in [0.05, 0.1) is 16.8 Å². The van der Waals surface area contributed by atoms with Gasteiger partial charge in [-0.05, 0) is 49.2 Å². The molecule has 0 aliphatic heterocycles. The average Bonchev–Trinajstić information content (AvgIpc) is 3.29. The maximum atomic E-state index is 12.9. The number of hydrogen-bond acceptors (Lipinski definition) is 5. The quantitative estimate of drug-likeness (QED) is 0.389. The van der Waals surface area contributed by atoms with Crippen molar-refractivity contribution in [3.05, 3.63) is 107 Å². The zero-order valence-electron chi connectivity index (χ0n) is 17.3. The predicted molar refractivity (Wildman–Crippen MR) is 116 cm³/mol. The van der Waals surface area contributed by atoms with Crippen molar-refractivity contribution in [1.29, 1.82) is 0 Å². The summed E-state index contributed by atoms with van der Waals surface area (Å²) in [7, 11) is 0. The highest BCUT2D eigenvalue weighted by atomic mass is 16.5. The van der Waals surface area contributed by atoms with E-state index in [-0.39, 0.29) is 5.97 Å².